The molecule has 2 heterocycles. The van der Waals surface area contributed by atoms with Crippen molar-refractivity contribution >= 4 is 51.9 Å². The zero-order valence-corrected chi connectivity index (χ0v) is 19.7. The molecule has 1 aliphatic rings. The second kappa shape index (κ2) is 10.3. The van der Waals surface area contributed by atoms with Gasteiger partial charge in [0.1, 0.15) is 17.7 Å². The predicted octanol–water partition coefficient (Wildman–Crippen LogP) is 4.34. The first-order valence-electron chi connectivity index (χ1n) is 9.95. The zero-order chi connectivity index (χ0) is 24.9. The number of hydrogen-bond acceptors (Lipinski definition) is 9. The van der Waals surface area contributed by atoms with Crippen molar-refractivity contribution in [2.24, 2.45) is 0 Å². The highest BCUT2D eigenvalue weighted by Crippen LogP contribution is 2.32. The first kappa shape index (κ1) is 23.9. The van der Waals surface area contributed by atoms with Gasteiger partial charge in [-0.25, -0.2) is 4.98 Å². The molecule has 1 saturated heterocycles. The van der Waals surface area contributed by atoms with Crippen LogP contribution in [0.5, 0.6) is 17.4 Å². The number of carbonyl (C=O) groups is 2. The summed E-state index contributed by atoms with van der Waals surface area (Å²) in [6, 6.07) is 15.9. The fraction of sp³-hybridized carbons (Fsp3) is 0.0435. The molecular formula is C23H16N4O6S2. The molecule has 3 aromatic rings. The summed E-state index contributed by atoms with van der Waals surface area (Å²) in [5.41, 5.74) is 3.45. The van der Waals surface area contributed by atoms with Crippen molar-refractivity contribution in [2.45, 2.75) is 0 Å². The van der Waals surface area contributed by atoms with Crippen LogP contribution >= 0.6 is 24.0 Å². The number of aromatic nitrogens is 1. The van der Waals surface area contributed by atoms with Crippen LogP contribution < -0.4 is 14.9 Å². The van der Waals surface area contributed by atoms with Gasteiger partial charge in [-0.05, 0) is 60.3 Å². The second-order valence-electron chi connectivity index (χ2n) is 6.97. The largest absolute Gasteiger partial charge is 0.497 e. The number of benzene rings is 2. The van der Waals surface area contributed by atoms with E-state index in [-0.39, 0.29) is 15.9 Å². The van der Waals surface area contributed by atoms with Gasteiger partial charge in [0.05, 0.1) is 16.9 Å². The molecule has 1 fully saturated rings. The molecule has 1 aromatic heterocycles. The lowest BCUT2D eigenvalue weighted by atomic mass is 10.2. The Morgan fingerprint density at radius 2 is 1.80 bits per heavy atom. The third kappa shape index (κ3) is 5.62. The van der Waals surface area contributed by atoms with E-state index < -0.39 is 16.7 Å². The van der Waals surface area contributed by atoms with Gasteiger partial charge >= 0.3 is 0 Å². The fourth-order valence-electron chi connectivity index (χ4n) is 2.92. The summed E-state index contributed by atoms with van der Waals surface area (Å²) in [4.78, 5) is 39.7. The van der Waals surface area contributed by atoms with Gasteiger partial charge < -0.3 is 9.47 Å². The number of thioether (sulfide) groups is 1. The van der Waals surface area contributed by atoms with E-state index in [1.807, 2.05) is 0 Å². The third-order valence-electron chi connectivity index (χ3n) is 4.69. The molecule has 1 aliphatic heterocycles. The van der Waals surface area contributed by atoms with Crippen LogP contribution in [0.3, 0.4) is 0 Å². The minimum atomic E-state index is -0.543. The maximum atomic E-state index is 12.8. The van der Waals surface area contributed by atoms with Gasteiger partial charge in [0.15, 0.2) is 4.32 Å². The van der Waals surface area contributed by atoms with Crippen LogP contribution in [0.2, 0.25) is 0 Å². The molecule has 0 spiro atoms. The van der Waals surface area contributed by atoms with Crippen LogP contribution in [0.1, 0.15) is 15.9 Å². The highest BCUT2D eigenvalue weighted by atomic mass is 32.2. The average Bonchev–Trinajstić information content (AvgIpc) is 3.12. The number of thiocarbonyl (C=S) groups is 1. The average molecular weight is 509 g/mol. The second-order valence-corrected chi connectivity index (χ2v) is 8.65. The molecule has 0 aliphatic carbocycles. The Hall–Kier alpha value is -4.29. The molecule has 2 amide bonds. The first-order chi connectivity index (χ1) is 16.8. The molecule has 0 bridgehead atoms. The maximum absolute atomic E-state index is 12.8. The van der Waals surface area contributed by atoms with Crippen LogP contribution in [-0.4, -0.2) is 38.2 Å². The van der Waals surface area contributed by atoms with Crippen molar-refractivity contribution < 1.29 is 24.0 Å². The summed E-state index contributed by atoms with van der Waals surface area (Å²) in [6.07, 6.45) is 2.76. The van der Waals surface area contributed by atoms with Gasteiger partial charge in [0.2, 0.25) is 5.88 Å². The van der Waals surface area contributed by atoms with Gasteiger partial charge in [-0.3, -0.25) is 25.1 Å². The van der Waals surface area contributed by atoms with Gasteiger partial charge in [-0.1, -0.05) is 23.9 Å². The van der Waals surface area contributed by atoms with E-state index in [0.717, 1.165) is 23.0 Å². The van der Waals surface area contributed by atoms with Crippen molar-refractivity contribution in [3.63, 3.8) is 0 Å². The highest BCUT2D eigenvalue weighted by molar-refractivity contribution is 8.26. The number of rotatable bonds is 7. The van der Waals surface area contributed by atoms with E-state index in [0.29, 0.717) is 27.5 Å². The topological polar surface area (TPSA) is 124 Å². The zero-order valence-electron chi connectivity index (χ0n) is 18.0. The minimum absolute atomic E-state index is 0.134. The molecule has 0 saturated carbocycles. The summed E-state index contributed by atoms with van der Waals surface area (Å²) < 4.78 is 10.9. The van der Waals surface area contributed by atoms with Crippen LogP contribution in [-0.2, 0) is 4.79 Å². The van der Waals surface area contributed by atoms with E-state index in [1.165, 1.54) is 19.2 Å². The Balaban J connectivity index is 1.41. The predicted molar refractivity (Wildman–Crippen MR) is 133 cm³/mol. The molecule has 35 heavy (non-hydrogen) atoms. The number of hydrazine groups is 1. The Kier molecular flexibility index (Phi) is 7.03. The van der Waals surface area contributed by atoms with Crippen LogP contribution in [0.15, 0.2) is 71.8 Å². The Bertz CT molecular complexity index is 1330. The van der Waals surface area contributed by atoms with Crippen molar-refractivity contribution in [3.05, 3.63) is 93.0 Å². The smallest absolute Gasteiger partial charge is 0.287 e. The molecule has 0 atom stereocenters. The molecular weight excluding hydrogens is 492 g/mol. The number of nitrogens with one attached hydrogen (secondary N) is 1. The monoisotopic (exact) mass is 508 g/mol. The standard InChI is InChI=1S/C23H16N4O6S2/c1-32-17-9-4-15(5-10-17)21(28)25-26-22(29)19(35-23(26)34)12-14-2-7-18(8-3-14)33-20-11-6-16(13-24-20)27(30)31/h2-13H,1H3,(H,25,28)/b19-12-. The van der Waals surface area contributed by atoms with E-state index in [2.05, 4.69) is 10.4 Å². The summed E-state index contributed by atoms with van der Waals surface area (Å²) in [6.45, 7) is 0. The van der Waals surface area contributed by atoms with E-state index in [4.69, 9.17) is 21.7 Å². The fourth-order valence-corrected chi connectivity index (χ4v) is 4.10. The number of ether oxygens (including phenoxy) is 2. The van der Waals surface area contributed by atoms with Crippen molar-refractivity contribution in [1.82, 2.24) is 15.4 Å². The molecule has 176 valence electrons. The number of amides is 2. The van der Waals surface area contributed by atoms with Crippen molar-refractivity contribution in [3.8, 4) is 17.4 Å². The number of nitro groups is 1. The summed E-state index contributed by atoms with van der Waals surface area (Å²) in [5, 5.41) is 11.7. The van der Waals surface area contributed by atoms with Crippen molar-refractivity contribution in [2.75, 3.05) is 7.11 Å². The van der Waals surface area contributed by atoms with E-state index in [1.54, 1.807) is 54.6 Å². The lowest BCUT2D eigenvalue weighted by Crippen LogP contribution is -2.44. The number of pyridine rings is 1. The van der Waals surface area contributed by atoms with Gasteiger partial charge in [-0.15, -0.1) is 0 Å². The normalized spacial score (nSPS) is 14.2. The molecule has 2 aromatic carbocycles. The van der Waals surface area contributed by atoms with E-state index >= 15 is 0 Å². The van der Waals surface area contributed by atoms with Gasteiger partial charge in [-0.2, -0.15) is 5.01 Å². The quantitative estimate of drug-likeness (QED) is 0.215. The summed E-state index contributed by atoms with van der Waals surface area (Å²) in [7, 11) is 1.53. The number of hydrogen-bond donors (Lipinski definition) is 1. The first-order valence-corrected chi connectivity index (χ1v) is 11.2. The molecule has 0 unspecified atom stereocenters. The number of carbonyl (C=O) groups excluding carboxylic acids is 2. The van der Waals surface area contributed by atoms with Gasteiger partial charge in [0.25, 0.3) is 17.5 Å². The lowest BCUT2D eigenvalue weighted by molar-refractivity contribution is -0.385. The molecule has 10 nitrogen and oxygen atoms in total. The maximum Gasteiger partial charge on any atom is 0.287 e. The Morgan fingerprint density at radius 1 is 1.11 bits per heavy atom. The SMILES string of the molecule is COc1ccc(C(=O)NN2C(=O)/C(=C/c3ccc(Oc4ccc([N+](=O)[O-])cn4)cc3)SC2=S)cc1. The Morgan fingerprint density at radius 3 is 2.40 bits per heavy atom. The highest BCUT2D eigenvalue weighted by Gasteiger charge is 2.33. The minimum Gasteiger partial charge on any atom is -0.497 e. The van der Waals surface area contributed by atoms with E-state index in [9.17, 15) is 19.7 Å². The van der Waals surface area contributed by atoms with Gasteiger partial charge in [0, 0.05) is 17.7 Å². The third-order valence-corrected chi connectivity index (χ3v) is 5.99. The molecule has 0 radical (unpaired) electrons. The summed E-state index contributed by atoms with van der Waals surface area (Å²) >= 11 is 6.33. The Labute approximate surface area is 208 Å². The molecule has 4 rings (SSSR count). The van der Waals surface area contributed by atoms with Crippen molar-refractivity contribution in [1.29, 1.82) is 0 Å². The molecule has 1 N–H and O–H groups in total. The number of methoxy groups -OCH3 is 1. The summed E-state index contributed by atoms with van der Waals surface area (Å²) in [5.74, 6) is 0.346. The van der Waals surface area contributed by atoms with Crippen LogP contribution in [0, 0.1) is 10.1 Å². The van der Waals surface area contributed by atoms with Crippen LogP contribution in [0.4, 0.5) is 5.69 Å². The lowest BCUT2D eigenvalue weighted by Gasteiger charge is -2.15. The number of nitrogens with zero attached hydrogens (tertiary/aromatic N) is 3. The van der Waals surface area contributed by atoms with Crippen LogP contribution in [0.25, 0.3) is 6.08 Å². The molecule has 12 heteroatoms.